The summed E-state index contributed by atoms with van der Waals surface area (Å²) in [6.07, 6.45) is 3.11. The number of hydrogen-bond acceptors (Lipinski definition) is 1. The first-order valence-electron chi connectivity index (χ1n) is 4.06. The van der Waals surface area contributed by atoms with Crippen molar-refractivity contribution in [3.05, 3.63) is 0 Å². The van der Waals surface area contributed by atoms with Gasteiger partial charge in [-0.05, 0) is 0 Å². The number of rotatable bonds is 2. The summed E-state index contributed by atoms with van der Waals surface area (Å²) in [6, 6.07) is 0. The van der Waals surface area contributed by atoms with Gasteiger partial charge < -0.3 is 26.2 Å². The van der Waals surface area contributed by atoms with Gasteiger partial charge in [-0.1, -0.05) is 0 Å². The third kappa shape index (κ3) is 2.42. The van der Waals surface area contributed by atoms with Crippen molar-refractivity contribution < 1.29 is 26.2 Å². The zero-order valence-corrected chi connectivity index (χ0v) is 9.23. The Morgan fingerprint density at radius 3 is 2.09 bits per heavy atom. The van der Waals surface area contributed by atoms with E-state index in [1.807, 2.05) is 0 Å². The summed E-state index contributed by atoms with van der Waals surface area (Å²) in [4.78, 5) is 0. The van der Waals surface area contributed by atoms with Gasteiger partial charge in [-0.3, -0.25) is 0 Å². The third-order valence-corrected chi connectivity index (χ3v) is 2.81. The molecular formula is C8H18BrNO. The fraction of sp³-hybridized carbons (Fsp3) is 1.00. The fourth-order valence-electron chi connectivity index (χ4n) is 1.68. The Labute approximate surface area is 79.9 Å². The number of quaternary nitrogens is 1. The van der Waals surface area contributed by atoms with Crippen molar-refractivity contribution in [1.82, 2.24) is 0 Å². The molecule has 1 saturated heterocycles. The van der Waals surface area contributed by atoms with Gasteiger partial charge in [-0.25, -0.2) is 0 Å². The molecule has 0 aromatic heterocycles. The van der Waals surface area contributed by atoms with Crippen LogP contribution < -0.4 is 17.0 Å². The molecule has 0 saturated carbocycles. The highest BCUT2D eigenvalue weighted by atomic mass is 79.9. The minimum atomic E-state index is 0. The molecule has 1 fully saturated rings. The molecule has 1 unspecified atom stereocenters. The van der Waals surface area contributed by atoms with Gasteiger partial charge in [0.05, 0.1) is 20.1 Å². The van der Waals surface area contributed by atoms with Crippen LogP contribution in [-0.4, -0.2) is 38.0 Å². The molecule has 0 aliphatic carbocycles. The maximum Gasteiger partial charge on any atom is 0.189 e. The van der Waals surface area contributed by atoms with E-state index in [1.165, 1.54) is 25.9 Å². The molecule has 1 heterocycles. The quantitative estimate of drug-likeness (QED) is 0.504. The second kappa shape index (κ2) is 4.43. The minimum absolute atomic E-state index is 0. The predicted octanol–water partition coefficient (Wildman–Crippen LogP) is -1.78. The van der Waals surface area contributed by atoms with E-state index in [0.717, 1.165) is 4.48 Å². The lowest BCUT2D eigenvalue weighted by Gasteiger charge is -2.34. The first kappa shape index (κ1) is 11.4. The molecule has 0 bridgehead atoms. The van der Waals surface area contributed by atoms with Crippen LogP contribution in [0.15, 0.2) is 0 Å². The highest BCUT2D eigenvalue weighted by molar-refractivity contribution is 4.52. The number of hydrogen-bond donors (Lipinski definition) is 0. The van der Waals surface area contributed by atoms with E-state index in [9.17, 15) is 0 Å². The Balaban J connectivity index is 0.000001000. The Morgan fingerprint density at radius 2 is 1.73 bits per heavy atom. The first-order valence-corrected chi connectivity index (χ1v) is 4.06. The first-order chi connectivity index (χ1) is 4.69. The smallest absolute Gasteiger partial charge is 0.189 e. The summed E-state index contributed by atoms with van der Waals surface area (Å²) >= 11 is 0. The van der Waals surface area contributed by atoms with Crippen molar-refractivity contribution in [2.24, 2.45) is 0 Å². The summed E-state index contributed by atoms with van der Waals surface area (Å²) in [5, 5.41) is 0. The minimum Gasteiger partial charge on any atom is -1.00 e. The van der Waals surface area contributed by atoms with Crippen molar-refractivity contribution >= 4 is 0 Å². The second-order valence-electron chi connectivity index (χ2n) is 3.47. The van der Waals surface area contributed by atoms with Gasteiger partial charge in [0.2, 0.25) is 0 Å². The SMILES string of the molecule is COC(C)[N+]1(C)CCCC1.[Br-]. The third-order valence-electron chi connectivity index (χ3n) is 2.81. The van der Waals surface area contributed by atoms with Gasteiger partial charge >= 0.3 is 0 Å². The summed E-state index contributed by atoms with van der Waals surface area (Å²) in [7, 11) is 4.08. The molecule has 2 nitrogen and oxygen atoms in total. The van der Waals surface area contributed by atoms with Crippen LogP contribution in [0.4, 0.5) is 0 Å². The van der Waals surface area contributed by atoms with E-state index in [-0.39, 0.29) is 17.0 Å². The molecule has 0 aromatic carbocycles. The van der Waals surface area contributed by atoms with E-state index in [1.54, 1.807) is 7.11 Å². The number of methoxy groups -OCH3 is 1. The topological polar surface area (TPSA) is 9.23 Å². The molecule has 0 N–H and O–H groups in total. The van der Waals surface area contributed by atoms with Crippen LogP contribution in [0.3, 0.4) is 0 Å². The van der Waals surface area contributed by atoms with E-state index < -0.39 is 0 Å². The molecule has 3 heteroatoms. The second-order valence-corrected chi connectivity index (χ2v) is 3.47. The maximum atomic E-state index is 5.31. The molecule has 1 rings (SSSR count). The van der Waals surface area contributed by atoms with Crippen molar-refractivity contribution in [1.29, 1.82) is 0 Å². The Morgan fingerprint density at radius 1 is 1.27 bits per heavy atom. The van der Waals surface area contributed by atoms with Crippen LogP contribution in [0, 0.1) is 0 Å². The summed E-state index contributed by atoms with van der Waals surface area (Å²) < 4.78 is 6.42. The zero-order chi connectivity index (χ0) is 7.61. The maximum absolute atomic E-state index is 5.31. The molecule has 1 aliphatic rings. The van der Waals surface area contributed by atoms with Gasteiger partial charge in [-0.15, -0.1) is 0 Å². The van der Waals surface area contributed by atoms with Gasteiger partial charge in [0, 0.05) is 26.9 Å². The highest BCUT2D eigenvalue weighted by Crippen LogP contribution is 2.20. The van der Waals surface area contributed by atoms with Crippen molar-refractivity contribution in [2.75, 3.05) is 27.2 Å². The average molecular weight is 224 g/mol. The number of nitrogens with zero attached hydrogens (tertiary/aromatic N) is 1. The lowest BCUT2D eigenvalue weighted by molar-refractivity contribution is -0.941. The van der Waals surface area contributed by atoms with Crippen LogP contribution >= 0.6 is 0 Å². The normalized spacial score (nSPS) is 24.3. The molecule has 11 heavy (non-hydrogen) atoms. The molecule has 1 atom stereocenters. The van der Waals surface area contributed by atoms with E-state index in [2.05, 4.69) is 14.0 Å². The Hall–Kier alpha value is 0.400. The van der Waals surface area contributed by atoms with Crippen molar-refractivity contribution in [3.8, 4) is 0 Å². The van der Waals surface area contributed by atoms with Crippen molar-refractivity contribution in [2.45, 2.75) is 26.0 Å². The highest BCUT2D eigenvalue weighted by Gasteiger charge is 2.32. The van der Waals surface area contributed by atoms with Gasteiger partial charge in [0.1, 0.15) is 0 Å². The van der Waals surface area contributed by atoms with Crippen LogP contribution in [0.2, 0.25) is 0 Å². The van der Waals surface area contributed by atoms with E-state index in [0.29, 0.717) is 6.23 Å². The summed E-state index contributed by atoms with van der Waals surface area (Å²) in [5.41, 5.74) is 0. The Kier molecular flexibility index (Phi) is 4.59. The lowest BCUT2D eigenvalue weighted by atomic mass is 10.4. The fourth-order valence-corrected chi connectivity index (χ4v) is 1.68. The number of likely N-dealkylation sites (tertiary alicyclic amines) is 1. The summed E-state index contributed by atoms with van der Waals surface area (Å²) in [5.74, 6) is 0. The molecule has 0 radical (unpaired) electrons. The van der Waals surface area contributed by atoms with Gasteiger partial charge in [0.15, 0.2) is 6.23 Å². The van der Waals surface area contributed by atoms with E-state index >= 15 is 0 Å². The van der Waals surface area contributed by atoms with Crippen LogP contribution in [0.1, 0.15) is 19.8 Å². The predicted molar refractivity (Wildman–Crippen MR) is 41.6 cm³/mol. The zero-order valence-electron chi connectivity index (χ0n) is 7.64. The molecule has 0 aromatic rings. The van der Waals surface area contributed by atoms with Crippen molar-refractivity contribution in [3.63, 3.8) is 0 Å². The van der Waals surface area contributed by atoms with Crippen LogP contribution in [0.5, 0.6) is 0 Å². The molecule has 68 valence electrons. The molecule has 1 aliphatic heterocycles. The van der Waals surface area contributed by atoms with Gasteiger partial charge in [-0.2, -0.15) is 0 Å². The largest absolute Gasteiger partial charge is 1.00 e. The molecular weight excluding hydrogens is 206 g/mol. The van der Waals surface area contributed by atoms with Crippen LogP contribution in [0.25, 0.3) is 0 Å². The monoisotopic (exact) mass is 223 g/mol. The number of halogens is 1. The number of ether oxygens (including phenoxy) is 1. The van der Waals surface area contributed by atoms with E-state index in [4.69, 9.17) is 4.74 Å². The lowest BCUT2D eigenvalue weighted by Crippen LogP contribution is -3.00. The molecule has 0 spiro atoms. The van der Waals surface area contributed by atoms with Gasteiger partial charge in [0.25, 0.3) is 0 Å². The standard InChI is InChI=1S/C8H18NO.BrH/c1-8(10-3)9(2)6-4-5-7-9;/h8H,4-7H2,1-3H3;1H/q+1;/p-1. The Bertz CT molecular complexity index is 113. The molecule has 0 amide bonds. The van der Waals surface area contributed by atoms with Crippen LogP contribution in [-0.2, 0) is 4.74 Å². The summed E-state index contributed by atoms with van der Waals surface area (Å²) in [6.45, 7) is 4.73. The average Bonchev–Trinajstić information content (AvgIpc) is 2.36.